The molecule has 2 N–H and O–H groups in total. The number of halogens is 2. The number of carboxylic acid groups (broad SMARTS) is 1. The standard InChI is InChI=1S/C14H18Cl2N2O2/c1-14(13(19)20,18-8-3-6-17-7-9-18)10-4-2-5-11(15)12(10)16/h2,4-5,17H,3,6-9H2,1H3,(H,19,20). The summed E-state index contributed by atoms with van der Waals surface area (Å²) in [6, 6.07) is 5.14. The zero-order chi connectivity index (χ0) is 14.8. The van der Waals surface area contributed by atoms with Crippen molar-refractivity contribution in [3.05, 3.63) is 33.8 Å². The summed E-state index contributed by atoms with van der Waals surface area (Å²) in [5.41, 5.74) is -0.630. The molecule has 0 spiro atoms. The fraction of sp³-hybridized carbons (Fsp3) is 0.500. The molecular formula is C14H18Cl2N2O2. The van der Waals surface area contributed by atoms with Gasteiger partial charge in [0.15, 0.2) is 0 Å². The van der Waals surface area contributed by atoms with Crippen LogP contribution in [0.4, 0.5) is 0 Å². The molecule has 1 fully saturated rings. The maximum atomic E-state index is 11.9. The third kappa shape index (κ3) is 2.79. The first-order valence-corrected chi connectivity index (χ1v) is 7.37. The first-order chi connectivity index (χ1) is 9.48. The summed E-state index contributed by atoms with van der Waals surface area (Å²) in [5.74, 6) is -0.913. The van der Waals surface area contributed by atoms with E-state index in [4.69, 9.17) is 23.2 Å². The minimum absolute atomic E-state index is 0.316. The molecule has 1 saturated heterocycles. The van der Waals surface area contributed by atoms with Gasteiger partial charge in [0.05, 0.1) is 10.0 Å². The molecule has 1 aromatic carbocycles. The molecule has 1 heterocycles. The normalized spacial score (nSPS) is 20.1. The first kappa shape index (κ1) is 15.6. The van der Waals surface area contributed by atoms with E-state index in [1.165, 1.54) is 0 Å². The molecule has 20 heavy (non-hydrogen) atoms. The van der Waals surface area contributed by atoms with Crippen LogP contribution in [0.3, 0.4) is 0 Å². The summed E-state index contributed by atoms with van der Waals surface area (Å²) in [7, 11) is 0. The Bertz CT molecular complexity index is 502. The number of nitrogens with one attached hydrogen (secondary N) is 1. The quantitative estimate of drug-likeness (QED) is 0.900. The Morgan fingerprint density at radius 1 is 1.35 bits per heavy atom. The molecule has 1 aliphatic rings. The van der Waals surface area contributed by atoms with Crippen LogP contribution in [0.2, 0.25) is 10.0 Å². The maximum Gasteiger partial charge on any atom is 0.328 e. The molecule has 0 saturated carbocycles. The number of aliphatic carboxylic acids is 1. The van der Waals surface area contributed by atoms with Crippen LogP contribution in [-0.2, 0) is 10.3 Å². The van der Waals surface area contributed by atoms with Crippen LogP contribution in [0, 0.1) is 0 Å². The summed E-state index contributed by atoms with van der Waals surface area (Å²) >= 11 is 12.3. The molecule has 0 amide bonds. The van der Waals surface area contributed by atoms with E-state index in [0.717, 1.165) is 19.5 Å². The summed E-state index contributed by atoms with van der Waals surface area (Å²) < 4.78 is 0. The summed E-state index contributed by atoms with van der Waals surface area (Å²) in [6.45, 7) is 4.72. The third-order valence-corrected chi connectivity index (χ3v) is 4.68. The molecule has 0 aromatic heterocycles. The highest BCUT2D eigenvalue weighted by Gasteiger charge is 2.43. The van der Waals surface area contributed by atoms with E-state index in [9.17, 15) is 9.90 Å². The van der Waals surface area contributed by atoms with Crippen molar-refractivity contribution < 1.29 is 9.90 Å². The highest BCUT2D eigenvalue weighted by molar-refractivity contribution is 6.42. The SMILES string of the molecule is CC(C(=O)O)(c1cccc(Cl)c1Cl)N1CCCNCC1. The van der Waals surface area contributed by atoms with Crippen molar-refractivity contribution >= 4 is 29.2 Å². The van der Waals surface area contributed by atoms with E-state index >= 15 is 0 Å². The lowest BCUT2D eigenvalue weighted by Crippen LogP contribution is -2.51. The lowest BCUT2D eigenvalue weighted by Gasteiger charge is -2.38. The summed E-state index contributed by atoms with van der Waals surface area (Å²) in [6.07, 6.45) is 0.904. The van der Waals surface area contributed by atoms with Gasteiger partial charge in [-0.1, -0.05) is 35.3 Å². The average Bonchev–Trinajstić information content (AvgIpc) is 2.70. The monoisotopic (exact) mass is 316 g/mol. The van der Waals surface area contributed by atoms with E-state index < -0.39 is 11.5 Å². The second-order valence-corrected chi connectivity index (χ2v) is 5.85. The fourth-order valence-electron chi connectivity index (χ4n) is 2.59. The van der Waals surface area contributed by atoms with Crippen molar-refractivity contribution in [2.24, 2.45) is 0 Å². The number of carbonyl (C=O) groups is 1. The van der Waals surface area contributed by atoms with Crippen molar-refractivity contribution in [1.29, 1.82) is 0 Å². The molecule has 1 aromatic rings. The topological polar surface area (TPSA) is 52.6 Å². The zero-order valence-electron chi connectivity index (χ0n) is 11.3. The summed E-state index contributed by atoms with van der Waals surface area (Å²) in [5, 5.41) is 13.7. The van der Waals surface area contributed by atoms with Gasteiger partial charge in [-0.25, -0.2) is 4.79 Å². The van der Waals surface area contributed by atoms with E-state index in [-0.39, 0.29) is 0 Å². The van der Waals surface area contributed by atoms with Gasteiger partial charge in [0.1, 0.15) is 5.54 Å². The van der Waals surface area contributed by atoms with Crippen molar-refractivity contribution in [2.45, 2.75) is 18.9 Å². The van der Waals surface area contributed by atoms with Crippen molar-refractivity contribution in [2.75, 3.05) is 26.2 Å². The molecule has 2 rings (SSSR count). The van der Waals surface area contributed by atoms with Crippen LogP contribution >= 0.6 is 23.2 Å². The van der Waals surface area contributed by atoms with Gasteiger partial charge >= 0.3 is 5.97 Å². The highest BCUT2D eigenvalue weighted by Crippen LogP contribution is 2.37. The van der Waals surface area contributed by atoms with Crippen molar-refractivity contribution in [3.63, 3.8) is 0 Å². The molecular weight excluding hydrogens is 299 g/mol. The van der Waals surface area contributed by atoms with Gasteiger partial charge in [0, 0.05) is 25.2 Å². The Hall–Kier alpha value is -0.810. The maximum absolute atomic E-state index is 11.9. The molecule has 0 bridgehead atoms. The van der Waals surface area contributed by atoms with Gasteiger partial charge < -0.3 is 10.4 Å². The fourth-order valence-corrected chi connectivity index (χ4v) is 3.08. The Kier molecular flexibility index (Phi) is 4.91. The number of rotatable bonds is 3. The predicted molar refractivity (Wildman–Crippen MR) is 80.5 cm³/mol. The second kappa shape index (κ2) is 6.31. The number of hydrogen-bond donors (Lipinski definition) is 2. The van der Waals surface area contributed by atoms with Crippen LogP contribution in [0.5, 0.6) is 0 Å². The van der Waals surface area contributed by atoms with E-state index in [0.29, 0.717) is 28.7 Å². The molecule has 0 radical (unpaired) electrons. The lowest BCUT2D eigenvalue weighted by molar-refractivity contribution is -0.151. The minimum Gasteiger partial charge on any atom is -0.480 e. The number of benzene rings is 1. The van der Waals surface area contributed by atoms with E-state index in [2.05, 4.69) is 5.32 Å². The zero-order valence-corrected chi connectivity index (χ0v) is 12.8. The van der Waals surface area contributed by atoms with Gasteiger partial charge in [-0.2, -0.15) is 0 Å². The van der Waals surface area contributed by atoms with Crippen molar-refractivity contribution in [1.82, 2.24) is 10.2 Å². The second-order valence-electron chi connectivity index (χ2n) is 5.07. The van der Waals surface area contributed by atoms with Gasteiger partial charge in [-0.3, -0.25) is 4.90 Å². The molecule has 0 aliphatic carbocycles. The van der Waals surface area contributed by atoms with Crippen LogP contribution < -0.4 is 5.32 Å². The average molecular weight is 317 g/mol. The smallest absolute Gasteiger partial charge is 0.328 e. The van der Waals surface area contributed by atoms with Gasteiger partial charge in [0.25, 0.3) is 0 Å². The number of carboxylic acids is 1. The lowest BCUT2D eigenvalue weighted by atomic mass is 9.89. The molecule has 4 nitrogen and oxygen atoms in total. The predicted octanol–water partition coefficient (Wildman–Crippen LogP) is 2.59. The Balaban J connectivity index is 2.48. The Morgan fingerprint density at radius 2 is 2.10 bits per heavy atom. The largest absolute Gasteiger partial charge is 0.480 e. The highest BCUT2D eigenvalue weighted by atomic mass is 35.5. The van der Waals surface area contributed by atoms with Gasteiger partial charge in [-0.05, 0) is 26.0 Å². The van der Waals surface area contributed by atoms with Gasteiger partial charge in [-0.15, -0.1) is 0 Å². The minimum atomic E-state index is -1.17. The molecule has 1 atom stereocenters. The first-order valence-electron chi connectivity index (χ1n) is 6.61. The van der Waals surface area contributed by atoms with Crippen LogP contribution in [-0.4, -0.2) is 42.2 Å². The summed E-state index contributed by atoms with van der Waals surface area (Å²) in [4.78, 5) is 13.9. The van der Waals surface area contributed by atoms with E-state index in [1.807, 2.05) is 4.90 Å². The van der Waals surface area contributed by atoms with Crippen LogP contribution in [0.1, 0.15) is 18.9 Å². The van der Waals surface area contributed by atoms with Crippen LogP contribution in [0.15, 0.2) is 18.2 Å². The Morgan fingerprint density at radius 3 is 2.80 bits per heavy atom. The molecule has 1 aliphatic heterocycles. The molecule has 1 unspecified atom stereocenters. The van der Waals surface area contributed by atoms with Crippen LogP contribution in [0.25, 0.3) is 0 Å². The van der Waals surface area contributed by atoms with E-state index in [1.54, 1.807) is 25.1 Å². The number of hydrogen-bond acceptors (Lipinski definition) is 3. The van der Waals surface area contributed by atoms with Crippen molar-refractivity contribution in [3.8, 4) is 0 Å². The third-order valence-electron chi connectivity index (χ3n) is 3.87. The van der Waals surface area contributed by atoms with Gasteiger partial charge in [0.2, 0.25) is 0 Å². The molecule has 6 heteroatoms. The molecule has 110 valence electrons. The Labute approximate surface area is 128 Å². The number of nitrogens with zero attached hydrogens (tertiary/aromatic N) is 1.